The SMILES string of the molecule is CC(=O)c1c[c]ccc1O. The largest absolute Gasteiger partial charge is 0.507 e. The fraction of sp³-hybridized carbons (Fsp3) is 0.125. The lowest BCUT2D eigenvalue weighted by Gasteiger charge is -1.96. The van der Waals surface area contributed by atoms with Crippen molar-refractivity contribution in [1.29, 1.82) is 0 Å². The number of carbonyl (C=O) groups excluding carboxylic acids is 1. The zero-order chi connectivity index (χ0) is 7.56. The van der Waals surface area contributed by atoms with Gasteiger partial charge in [-0.3, -0.25) is 4.79 Å². The van der Waals surface area contributed by atoms with Gasteiger partial charge in [-0.25, -0.2) is 0 Å². The van der Waals surface area contributed by atoms with Crippen molar-refractivity contribution in [3.8, 4) is 5.75 Å². The number of rotatable bonds is 1. The molecule has 0 aliphatic rings. The van der Waals surface area contributed by atoms with Crippen LogP contribution < -0.4 is 0 Å². The van der Waals surface area contributed by atoms with Crippen LogP contribution in [0.5, 0.6) is 5.75 Å². The maximum absolute atomic E-state index is 10.7. The molecule has 0 aromatic heterocycles. The Morgan fingerprint density at radius 1 is 1.70 bits per heavy atom. The molecule has 0 saturated carbocycles. The van der Waals surface area contributed by atoms with Gasteiger partial charge in [0.15, 0.2) is 5.78 Å². The topological polar surface area (TPSA) is 37.3 Å². The average Bonchev–Trinajstić information content (AvgIpc) is 1.88. The van der Waals surface area contributed by atoms with Crippen molar-refractivity contribution in [2.45, 2.75) is 6.92 Å². The van der Waals surface area contributed by atoms with Crippen LogP contribution in [-0.2, 0) is 0 Å². The number of phenolic OH excluding ortho intramolecular Hbond substituents is 1. The predicted molar refractivity (Wildman–Crippen MR) is 36.9 cm³/mol. The Morgan fingerprint density at radius 3 is 2.80 bits per heavy atom. The number of aromatic hydroxyl groups is 1. The zero-order valence-corrected chi connectivity index (χ0v) is 5.59. The highest BCUT2D eigenvalue weighted by Crippen LogP contribution is 2.14. The lowest BCUT2D eigenvalue weighted by atomic mass is 10.1. The average molecular weight is 135 g/mol. The van der Waals surface area contributed by atoms with E-state index in [0.29, 0.717) is 5.56 Å². The molecule has 0 heterocycles. The third-order valence-electron chi connectivity index (χ3n) is 1.22. The Labute approximate surface area is 59.1 Å². The summed E-state index contributed by atoms with van der Waals surface area (Å²) < 4.78 is 0. The molecule has 1 aromatic rings. The Balaban J connectivity index is 3.15. The van der Waals surface area contributed by atoms with E-state index in [4.69, 9.17) is 5.11 Å². The quantitative estimate of drug-likeness (QED) is 0.591. The summed E-state index contributed by atoms with van der Waals surface area (Å²) in [6.45, 7) is 1.41. The maximum Gasteiger partial charge on any atom is 0.163 e. The monoisotopic (exact) mass is 135 g/mol. The molecule has 1 aromatic carbocycles. The molecule has 0 amide bonds. The van der Waals surface area contributed by atoms with E-state index in [-0.39, 0.29) is 11.5 Å². The molecule has 0 fully saturated rings. The number of ketones is 1. The molecule has 1 N–H and O–H groups in total. The van der Waals surface area contributed by atoms with Crippen molar-refractivity contribution in [2.24, 2.45) is 0 Å². The van der Waals surface area contributed by atoms with E-state index in [1.807, 2.05) is 0 Å². The van der Waals surface area contributed by atoms with Gasteiger partial charge in [-0.2, -0.15) is 0 Å². The highest BCUT2D eigenvalue weighted by Gasteiger charge is 2.02. The molecule has 0 atom stereocenters. The minimum absolute atomic E-state index is 0.0197. The molecule has 0 saturated heterocycles. The first-order valence-electron chi connectivity index (χ1n) is 2.92. The lowest BCUT2D eigenvalue weighted by Crippen LogP contribution is -1.90. The highest BCUT2D eigenvalue weighted by atomic mass is 16.3. The lowest BCUT2D eigenvalue weighted by molar-refractivity contribution is 0.101. The molecule has 1 rings (SSSR count). The fourth-order valence-electron chi connectivity index (χ4n) is 0.704. The van der Waals surface area contributed by atoms with Crippen molar-refractivity contribution in [2.75, 3.05) is 0 Å². The minimum atomic E-state index is -0.144. The summed E-state index contributed by atoms with van der Waals surface area (Å²) in [5, 5.41) is 9.04. The molecule has 2 nitrogen and oxygen atoms in total. The second kappa shape index (κ2) is 2.52. The second-order valence-corrected chi connectivity index (χ2v) is 2.00. The minimum Gasteiger partial charge on any atom is -0.507 e. The number of hydrogen-bond acceptors (Lipinski definition) is 2. The summed E-state index contributed by atoms with van der Waals surface area (Å²) >= 11 is 0. The zero-order valence-electron chi connectivity index (χ0n) is 5.59. The van der Waals surface area contributed by atoms with E-state index in [0.717, 1.165) is 0 Å². The van der Waals surface area contributed by atoms with E-state index in [2.05, 4.69) is 6.07 Å². The predicted octanol–water partition coefficient (Wildman–Crippen LogP) is 1.39. The number of hydrogen-bond donors (Lipinski definition) is 1. The van der Waals surface area contributed by atoms with Gasteiger partial charge in [0, 0.05) is 0 Å². The van der Waals surface area contributed by atoms with E-state index >= 15 is 0 Å². The molecule has 1 radical (unpaired) electrons. The fourth-order valence-corrected chi connectivity index (χ4v) is 0.704. The maximum atomic E-state index is 10.7. The highest BCUT2D eigenvalue weighted by molar-refractivity contribution is 5.96. The summed E-state index contributed by atoms with van der Waals surface area (Å²) in [6, 6.07) is 7.17. The molecule has 0 aliphatic heterocycles. The number of benzene rings is 1. The molecule has 51 valence electrons. The van der Waals surface area contributed by atoms with Crippen molar-refractivity contribution < 1.29 is 9.90 Å². The van der Waals surface area contributed by atoms with Gasteiger partial charge in [-0.1, -0.05) is 6.07 Å². The molecule has 0 aliphatic carbocycles. The standard InChI is InChI=1S/C8H7O2/c1-6(9)7-4-2-3-5-8(7)10/h3-5,10H,1H3. The van der Waals surface area contributed by atoms with Crippen molar-refractivity contribution in [3.05, 3.63) is 29.8 Å². The van der Waals surface area contributed by atoms with Crippen LogP contribution in [0.3, 0.4) is 0 Å². The number of Topliss-reactive ketones (excluding diaryl/α,β-unsaturated/α-hetero) is 1. The van der Waals surface area contributed by atoms with Crippen LogP contribution in [0.4, 0.5) is 0 Å². The van der Waals surface area contributed by atoms with Gasteiger partial charge < -0.3 is 5.11 Å². The summed E-state index contributed by atoms with van der Waals surface area (Å²) in [6.07, 6.45) is 0. The van der Waals surface area contributed by atoms with Crippen LogP contribution in [0.15, 0.2) is 18.2 Å². The summed E-state index contributed by atoms with van der Waals surface area (Å²) in [5.74, 6) is -0.124. The van der Waals surface area contributed by atoms with Gasteiger partial charge in [-0.05, 0) is 25.1 Å². The Bertz CT molecular complexity index is 253. The molecule has 0 spiro atoms. The van der Waals surface area contributed by atoms with Crippen molar-refractivity contribution >= 4 is 5.78 Å². The van der Waals surface area contributed by atoms with E-state index in [1.54, 1.807) is 6.07 Å². The molecular formula is C8H7O2. The molecule has 10 heavy (non-hydrogen) atoms. The van der Waals surface area contributed by atoms with Crippen LogP contribution >= 0.6 is 0 Å². The normalized spacial score (nSPS) is 9.30. The molecular weight excluding hydrogens is 128 g/mol. The van der Waals surface area contributed by atoms with E-state index in [1.165, 1.54) is 19.1 Å². The van der Waals surface area contributed by atoms with Gasteiger partial charge in [0.25, 0.3) is 0 Å². The molecule has 0 bridgehead atoms. The van der Waals surface area contributed by atoms with E-state index in [9.17, 15) is 4.79 Å². The van der Waals surface area contributed by atoms with Crippen molar-refractivity contribution in [3.63, 3.8) is 0 Å². The van der Waals surface area contributed by atoms with Gasteiger partial charge in [0.1, 0.15) is 5.75 Å². The Morgan fingerprint density at radius 2 is 2.40 bits per heavy atom. The second-order valence-electron chi connectivity index (χ2n) is 2.00. The third-order valence-corrected chi connectivity index (χ3v) is 1.22. The van der Waals surface area contributed by atoms with Gasteiger partial charge in [0.2, 0.25) is 0 Å². The third kappa shape index (κ3) is 1.16. The van der Waals surface area contributed by atoms with Gasteiger partial charge >= 0.3 is 0 Å². The first-order valence-corrected chi connectivity index (χ1v) is 2.92. The summed E-state index contributed by atoms with van der Waals surface area (Å²) in [5.41, 5.74) is 0.322. The van der Waals surface area contributed by atoms with E-state index < -0.39 is 0 Å². The van der Waals surface area contributed by atoms with Gasteiger partial charge in [0.05, 0.1) is 5.56 Å². The number of carbonyl (C=O) groups is 1. The van der Waals surface area contributed by atoms with Crippen LogP contribution in [-0.4, -0.2) is 10.9 Å². The first-order chi connectivity index (χ1) is 4.72. The van der Waals surface area contributed by atoms with Crippen molar-refractivity contribution in [1.82, 2.24) is 0 Å². The van der Waals surface area contributed by atoms with Crippen LogP contribution in [0, 0.1) is 6.07 Å². The molecule has 2 heteroatoms. The smallest absolute Gasteiger partial charge is 0.163 e. The summed E-state index contributed by atoms with van der Waals surface area (Å²) in [7, 11) is 0. The molecule has 0 unspecified atom stereocenters. The summed E-state index contributed by atoms with van der Waals surface area (Å²) in [4.78, 5) is 10.7. The Hall–Kier alpha value is -1.31. The van der Waals surface area contributed by atoms with Crippen LogP contribution in [0.1, 0.15) is 17.3 Å². The Kier molecular flexibility index (Phi) is 1.71. The van der Waals surface area contributed by atoms with Crippen LogP contribution in [0.2, 0.25) is 0 Å². The van der Waals surface area contributed by atoms with Crippen LogP contribution in [0.25, 0.3) is 0 Å². The number of phenols is 1. The first kappa shape index (κ1) is 6.81. The van der Waals surface area contributed by atoms with Gasteiger partial charge in [-0.15, -0.1) is 0 Å².